The van der Waals surface area contributed by atoms with Crippen LogP contribution in [0.1, 0.15) is 40.0 Å². The monoisotopic (exact) mass is 336 g/mol. The van der Waals surface area contributed by atoms with Crippen LogP contribution < -0.4 is 10.2 Å². The summed E-state index contributed by atoms with van der Waals surface area (Å²) in [4.78, 5) is 21.5. The molecule has 2 rings (SSSR count). The van der Waals surface area contributed by atoms with Gasteiger partial charge in [0.25, 0.3) is 0 Å². The van der Waals surface area contributed by atoms with Crippen molar-refractivity contribution < 1.29 is 14.6 Å². The van der Waals surface area contributed by atoms with Crippen molar-refractivity contribution in [2.45, 2.75) is 52.2 Å². The lowest BCUT2D eigenvalue weighted by Gasteiger charge is -2.35. The van der Waals surface area contributed by atoms with Crippen molar-refractivity contribution >= 4 is 17.7 Å². The molecule has 1 aliphatic heterocycles. The van der Waals surface area contributed by atoms with E-state index in [0.29, 0.717) is 24.2 Å². The van der Waals surface area contributed by atoms with Gasteiger partial charge in [0.2, 0.25) is 5.95 Å². The molecule has 2 N–H and O–H groups in total. The van der Waals surface area contributed by atoms with E-state index in [2.05, 4.69) is 29.1 Å². The largest absolute Gasteiger partial charge is 0.480 e. The smallest absolute Gasteiger partial charge is 0.323 e. The molecule has 0 saturated carbocycles. The van der Waals surface area contributed by atoms with Crippen LogP contribution in [0.15, 0.2) is 12.3 Å². The predicted octanol–water partition coefficient (Wildman–Crippen LogP) is 2.39. The third kappa shape index (κ3) is 5.06. The molecule has 134 valence electrons. The van der Waals surface area contributed by atoms with Gasteiger partial charge in [-0.25, -0.2) is 4.98 Å². The van der Waals surface area contributed by atoms with Gasteiger partial charge in [-0.15, -0.1) is 0 Å². The number of carboxylic acids is 1. The van der Waals surface area contributed by atoms with Crippen molar-refractivity contribution in [1.82, 2.24) is 9.97 Å². The molecular formula is C17H28N4O3. The van der Waals surface area contributed by atoms with Gasteiger partial charge in [0, 0.05) is 19.3 Å². The number of aliphatic carboxylic acids is 1. The number of hydrogen-bond donors (Lipinski definition) is 2. The summed E-state index contributed by atoms with van der Waals surface area (Å²) in [5, 5.41) is 12.5. The Labute approximate surface area is 143 Å². The number of nitrogens with one attached hydrogen (secondary N) is 1. The number of hydrogen-bond acceptors (Lipinski definition) is 6. The molecule has 1 fully saturated rings. The summed E-state index contributed by atoms with van der Waals surface area (Å²) < 4.78 is 5.90. The standard InChI is InChI=1S/C17H28N4O3/c1-4-9-21(11-15(22)23)17-18-8-7-14(20-17)19-13-6-5-10-24-16(13)12(2)3/h7-8,12-13,16H,4-6,9-11H2,1-3H3,(H,22,23)(H,18,19,20). The summed E-state index contributed by atoms with van der Waals surface area (Å²) in [5.74, 6) is 0.702. The summed E-state index contributed by atoms with van der Waals surface area (Å²) in [7, 11) is 0. The second kappa shape index (κ2) is 8.82. The molecular weight excluding hydrogens is 308 g/mol. The number of nitrogens with zero attached hydrogens (tertiary/aromatic N) is 3. The van der Waals surface area contributed by atoms with Crippen LogP contribution in [0.2, 0.25) is 0 Å². The molecule has 0 bridgehead atoms. The first-order chi connectivity index (χ1) is 11.5. The van der Waals surface area contributed by atoms with Gasteiger partial charge < -0.3 is 20.1 Å². The number of anilines is 2. The van der Waals surface area contributed by atoms with Crippen LogP contribution in [-0.4, -0.2) is 52.9 Å². The highest BCUT2D eigenvalue weighted by atomic mass is 16.5. The van der Waals surface area contributed by atoms with Gasteiger partial charge in [0.05, 0.1) is 12.1 Å². The number of ether oxygens (including phenoxy) is 1. The van der Waals surface area contributed by atoms with E-state index in [4.69, 9.17) is 9.84 Å². The summed E-state index contributed by atoms with van der Waals surface area (Å²) in [6, 6.07) is 2.03. The van der Waals surface area contributed by atoms with Gasteiger partial charge in [-0.2, -0.15) is 4.98 Å². The minimum atomic E-state index is -0.883. The van der Waals surface area contributed by atoms with E-state index in [9.17, 15) is 4.79 Å². The molecule has 1 aliphatic rings. The average Bonchev–Trinajstić information content (AvgIpc) is 2.54. The maximum Gasteiger partial charge on any atom is 0.323 e. The minimum absolute atomic E-state index is 0.0988. The van der Waals surface area contributed by atoms with Crippen molar-refractivity contribution in [2.24, 2.45) is 5.92 Å². The van der Waals surface area contributed by atoms with Gasteiger partial charge in [0.15, 0.2) is 0 Å². The van der Waals surface area contributed by atoms with Crippen LogP contribution in [0.3, 0.4) is 0 Å². The van der Waals surface area contributed by atoms with Gasteiger partial charge in [0.1, 0.15) is 12.4 Å². The number of rotatable bonds is 8. The molecule has 2 atom stereocenters. The van der Waals surface area contributed by atoms with Crippen LogP contribution >= 0.6 is 0 Å². The van der Waals surface area contributed by atoms with E-state index in [1.165, 1.54) is 0 Å². The topological polar surface area (TPSA) is 87.6 Å². The molecule has 7 nitrogen and oxygen atoms in total. The first kappa shape index (κ1) is 18.4. The Morgan fingerprint density at radius 1 is 1.54 bits per heavy atom. The van der Waals surface area contributed by atoms with Crippen LogP contribution in [0.25, 0.3) is 0 Å². The molecule has 0 amide bonds. The van der Waals surface area contributed by atoms with E-state index in [1.54, 1.807) is 11.1 Å². The average molecular weight is 336 g/mol. The minimum Gasteiger partial charge on any atom is -0.480 e. The zero-order valence-electron chi connectivity index (χ0n) is 14.7. The summed E-state index contributed by atoms with van der Waals surface area (Å²) in [6.45, 7) is 7.63. The van der Waals surface area contributed by atoms with Gasteiger partial charge in [-0.3, -0.25) is 4.79 Å². The second-order valence-electron chi connectivity index (χ2n) is 6.53. The van der Waals surface area contributed by atoms with Crippen LogP contribution in [0, 0.1) is 5.92 Å². The van der Waals surface area contributed by atoms with E-state index < -0.39 is 5.97 Å². The maximum atomic E-state index is 11.0. The summed E-state index contributed by atoms with van der Waals surface area (Å²) in [6.07, 6.45) is 4.72. The quantitative estimate of drug-likeness (QED) is 0.753. The molecule has 1 aromatic rings. The fraction of sp³-hybridized carbons (Fsp3) is 0.706. The molecule has 7 heteroatoms. The Bertz CT molecular complexity index is 538. The first-order valence-electron chi connectivity index (χ1n) is 8.69. The van der Waals surface area contributed by atoms with Gasteiger partial charge in [-0.05, 0) is 31.2 Å². The fourth-order valence-corrected chi connectivity index (χ4v) is 3.07. The zero-order chi connectivity index (χ0) is 17.5. The van der Waals surface area contributed by atoms with Crippen molar-refractivity contribution in [1.29, 1.82) is 0 Å². The van der Waals surface area contributed by atoms with Crippen LogP contribution in [-0.2, 0) is 9.53 Å². The van der Waals surface area contributed by atoms with Crippen molar-refractivity contribution in [2.75, 3.05) is 29.9 Å². The maximum absolute atomic E-state index is 11.0. The third-order valence-corrected chi connectivity index (χ3v) is 4.10. The molecule has 0 radical (unpaired) electrons. The highest BCUT2D eigenvalue weighted by Crippen LogP contribution is 2.24. The number of carbonyl (C=O) groups is 1. The highest BCUT2D eigenvalue weighted by Gasteiger charge is 2.28. The summed E-state index contributed by atoms with van der Waals surface area (Å²) in [5.41, 5.74) is 0. The van der Waals surface area contributed by atoms with Gasteiger partial charge in [-0.1, -0.05) is 20.8 Å². The number of aromatic nitrogens is 2. The van der Waals surface area contributed by atoms with Crippen molar-refractivity contribution in [3.8, 4) is 0 Å². The SMILES string of the molecule is CCCN(CC(=O)O)c1nccc(NC2CCCOC2C(C)C)n1. The molecule has 1 saturated heterocycles. The molecule has 2 unspecified atom stereocenters. The van der Waals surface area contributed by atoms with Crippen LogP contribution in [0.4, 0.5) is 11.8 Å². The lowest BCUT2D eigenvalue weighted by Crippen LogP contribution is -2.43. The molecule has 0 aliphatic carbocycles. The Morgan fingerprint density at radius 3 is 3.00 bits per heavy atom. The highest BCUT2D eigenvalue weighted by molar-refractivity contribution is 5.72. The lowest BCUT2D eigenvalue weighted by atomic mass is 9.94. The number of carboxylic acid groups (broad SMARTS) is 1. The molecule has 0 aromatic carbocycles. The lowest BCUT2D eigenvalue weighted by molar-refractivity contribution is -0.135. The molecule has 0 spiro atoms. The van der Waals surface area contributed by atoms with Crippen molar-refractivity contribution in [3.63, 3.8) is 0 Å². The normalized spacial score (nSPS) is 20.8. The van der Waals surface area contributed by atoms with E-state index in [-0.39, 0.29) is 18.7 Å². The Hall–Kier alpha value is -1.89. The van der Waals surface area contributed by atoms with Crippen molar-refractivity contribution in [3.05, 3.63) is 12.3 Å². The Balaban J connectivity index is 2.12. The molecule has 24 heavy (non-hydrogen) atoms. The Morgan fingerprint density at radius 2 is 2.33 bits per heavy atom. The van der Waals surface area contributed by atoms with E-state index >= 15 is 0 Å². The zero-order valence-corrected chi connectivity index (χ0v) is 14.7. The summed E-state index contributed by atoms with van der Waals surface area (Å²) >= 11 is 0. The second-order valence-corrected chi connectivity index (χ2v) is 6.53. The predicted molar refractivity (Wildman–Crippen MR) is 93.4 cm³/mol. The van der Waals surface area contributed by atoms with Gasteiger partial charge >= 0.3 is 5.97 Å². The van der Waals surface area contributed by atoms with E-state index in [1.807, 2.05) is 13.0 Å². The first-order valence-corrected chi connectivity index (χ1v) is 8.69. The molecule has 1 aromatic heterocycles. The Kier molecular flexibility index (Phi) is 6.78. The molecule has 2 heterocycles. The van der Waals surface area contributed by atoms with Crippen LogP contribution in [0.5, 0.6) is 0 Å². The third-order valence-electron chi connectivity index (χ3n) is 4.10. The van der Waals surface area contributed by atoms with E-state index in [0.717, 1.165) is 25.9 Å². The fourth-order valence-electron chi connectivity index (χ4n) is 3.07.